The highest BCUT2D eigenvalue weighted by atomic mass is 32.1. The van der Waals surface area contributed by atoms with Crippen molar-refractivity contribution < 1.29 is 9.53 Å². The molecule has 24 heavy (non-hydrogen) atoms. The molecule has 132 valence electrons. The van der Waals surface area contributed by atoms with Crippen molar-refractivity contribution in [3.05, 3.63) is 5.01 Å². The Morgan fingerprint density at radius 3 is 2.71 bits per heavy atom. The lowest BCUT2D eigenvalue weighted by atomic mass is 9.72. The van der Waals surface area contributed by atoms with E-state index in [1.807, 2.05) is 0 Å². The fourth-order valence-corrected chi connectivity index (χ4v) is 4.75. The molecule has 7 heteroatoms. The van der Waals surface area contributed by atoms with Crippen LogP contribution < -0.4 is 4.74 Å². The van der Waals surface area contributed by atoms with E-state index in [9.17, 15) is 4.79 Å². The number of piperidine rings is 2. The summed E-state index contributed by atoms with van der Waals surface area (Å²) in [5.41, 5.74) is 0.359. The van der Waals surface area contributed by atoms with Crippen LogP contribution in [0.15, 0.2) is 0 Å². The lowest BCUT2D eigenvalue weighted by molar-refractivity contribution is -0.139. The van der Waals surface area contributed by atoms with Gasteiger partial charge in [-0.3, -0.25) is 9.69 Å². The monoisotopic (exact) mass is 350 g/mol. The summed E-state index contributed by atoms with van der Waals surface area (Å²) in [6.45, 7) is 5.04. The van der Waals surface area contributed by atoms with Gasteiger partial charge in [-0.25, -0.2) is 0 Å². The molecule has 0 aromatic carbocycles. The van der Waals surface area contributed by atoms with Crippen LogP contribution in [-0.4, -0.2) is 59.2 Å². The number of ether oxygens (including phenoxy) is 1. The second kappa shape index (κ2) is 6.59. The van der Waals surface area contributed by atoms with Gasteiger partial charge in [-0.2, -0.15) is 0 Å². The van der Waals surface area contributed by atoms with E-state index in [1.54, 1.807) is 7.11 Å². The third-order valence-corrected chi connectivity index (χ3v) is 6.69. The average molecular weight is 350 g/mol. The number of hydrogen-bond acceptors (Lipinski definition) is 6. The van der Waals surface area contributed by atoms with E-state index in [0.717, 1.165) is 56.5 Å². The first-order valence-electron chi connectivity index (χ1n) is 9.02. The zero-order valence-corrected chi connectivity index (χ0v) is 15.2. The predicted molar refractivity (Wildman–Crippen MR) is 91.9 cm³/mol. The Hall–Kier alpha value is -1.21. The van der Waals surface area contributed by atoms with E-state index in [1.165, 1.54) is 37.0 Å². The van der Waals surface area contributed by atoms with Gasteiger partial charge in [0.1, 0.15) is 5.01 Å². The summed E-state index contributed by atoms with van der Waals surface area (Å²) in [5.74, 6) is 1.17. The van der Waals surface area contributed by atoms with E-state index >= 15 is 0 Å². The highest BCUT2D eigenvalue weighted by molar-refractivity contribution is 7.13. The van der Waals surface area contributed by atoms with Crippen molar-refractivity contribution in [2.75, 3.05) is 33.3 Å². The van der Waals surface area contributed by atoms with Crippen LogP contribution in [0.3, 0.4) is 0 Å². The second-order valence-electron chi connectivity index (χ2n) is 7.66. The predicted octanol–water partition coefficient (Wildman–Crippen LogP) is 2.16. The largest absolute Gasteiger partial charge is 0.472 e. The molecule has 4 rings (SSSR count). The SMILES string of the molecule is COc1nnc(CN2CCC3(CCC(=O)N(CC4CC4)C3)CC2)s1. The first-order chi connectivity index (χ1) is 11.7. The van der Waals surface area contributed by atoms with E-state index in [2.05, 4.69) is 20.0 Å². The van der Waals surface area contributed by atoms with Gasteiger partial charge in [-0.15, -0.1) is 10.2 Å². The first-order valence-corrected chi connectivity index (χ1v) is 9.84. The van der Waals surface area contributed by atoms with Gasteiger partial charge in [0, 0.05) is 19.5 Å². The summed E-state index contributed by atoms with van der Waals surface area (Å²) in [7, 11) is 1.63. The lowest BCUT2D eigenvalue weighted by Crippen LogP contribution is -2.51. The molecule has 0 atom stereocenters. The van der Waals surface area contributed by atoms with Crippen molar-refractivity contribution in [3.8, 4) is 5.19 Å². The quantitative estimate of drug-likeness (QED) is 0.814. The van der Waals surface area contributed by atoms with Crippen LogP contribution in [0.4, 0.5) is 0 Å². The Morgan fingerprint density at radius 1 is 1.25 bits per heavy atom. The van der Waals surface area contributed by atoms with Gasteiger partial charge in [-0.1, -0.05) is 11.3 Å². The maximum absolute atomic E-state index is 12.2. The molecule has 3 fully saturated rings. The molecule has 1 aromatic rings. The van der Waals surface area contributed by atoms with Crippen LogP contribution in [0, 0.1) is 11.3 Å². The molecule has 0 unspecified atom stereocenters. The molecule has 1 spiro atoms. The average Bonchev–Trinajstić information content (AvgIpc) is 3.29. The highest BCUT2D eigenvalue weighted by Gasteiger charge is 2.42. The molecule has 1 aliphatic carbocycles. The van der Waals surface area contributed by atoms with Crippen LogP contribution in [-0.2, 0) is 11.3 Å². The van der Waals surface area contributed by atoms with Crippen molar-refractivity contribution >= 4 is 17.2 Å². The van der Waals surface area contributed by atoms with Gasteiger partial charge in [0.15, 0.2) is 0 Å². The van der Waals surface area contributed by atoms with E-state index in [0.29, 0.717) is 16.5 Å². The Labute approximate surface area is 147 Å². The highest BCUT2D eigenvalue weighted by Crippen LogP contribution is 2.42. The molecule has 1 amide bonds. The second-order valence-corrected chi connectivity index (χ2v) is 8.68. The molecule has 2 aliphatic heterocycles. The summed E-state index contributed by atoms with van der Waals surface area (Å²) in [4.78, 5) is 16.8. The minimum Gasteiger partial charge on any atom is -0.472 e. The van der Waals surface area contributed by atoms with E-state index < -0.39 is 0 Å². The molecule has 3 aliphatic rings. The van der Waals surface area contributed by atoms with E-state index in [-0.39, 0.29) is 0 Å². The van der Waals surface area contributed by atoms with Gasteiger partial charge < -0.3 is 9.64 Å². The number of likely N-dealkylation sites (tertiary alicyclic amines) is 2. The molecule has 6 nitrogen and oxygen atoms in total. The summed E-state index contributed by atoms with van der Waals surface area (Å²) in [6.07, 6.45) is 6.84. The molecule has 0 bridgehead atoms. The minimum atomic E-state index is 0.359. The molecule has 0 N–H and O–H groups in total. The summed E-state index contributed by atoms with van der Waals surface area (Å²) in [6, 6.07) is 0. The number of aromatic nitrogens is 2. The molecule has 0 radical (unpaired) electrons. The van der Waals surface area contributed by atoms with Crippen molar-refractivity contribution in [2.24, 2.45) is 11.3 Å². The Balaban J connectivity index is 1.32. The van der Waals surface area contributed by atoms with Crippen molar-refractivity contribution in [2.45, 2.75) is 45.1 Å². The summed E-state index contributed by atoms with van der Waals surface area (Å²) < 4.78 is 5.12. The smallest absolute Gasteiger partial charge is 0.293 e. The topological polar surface area (TPSA) is 58.6 Å². The molecule has 1 saturated carbocycles. The normalized spacial score (nSPS) is 24.5. The fraction of sp³-hybridized carbons (Fsp3) is 0.824. The molecule has 2 saturated heterocycles. The lowest BCUT2D eigenvalue weighted by Gasteiger charge is -2.47. The third kappa shape index (κ3) is 3.57. The maximum atomic E-state index is 12.2. The summed E-state index contributed by atoms with van der Waals surface area (Å²) in [5, 5.41) is 9.87. The number of carbonyl (C=O) groups is 1. The van der Waals surface area contributed by atoms with Crippen LogP contribution in [0.2, 0.25) is 0 Å². The third-order valence-electron chi connectivity index (χ3n) is 5.82. The van der Waals surface area contributed by atoms with Crippen LogP contribution in [0.1, 0.15) is 43.5 Å². The first kappa shape index (κ1) is 16.3. The number of methoxy groups -OCH3 is 1. The molecular formula is C17H26N4O2S. The molecular weight excluding hydrogens is 324 g/mol. The molecule has 3 heterocycles. The zero-order chi connectivity index (χ0) is 16.6. The zero-order valence-electron chi connectivity index (χ0n) is 14.4. The van der Waals surface area contributed by atoms with E-state index in [4.69, 9.17) is 4.74 Å². The Bertz CT molecular complexity index is 593. The van der Waals surface area contributed by atoms with Crippen LogP contribution in [0.5, 0.6) is 5.19 Å². The number of carbonyl (C=O) groups excluding carboxylic acids is 1. The van der Waals surface area contributed by atoms with Crippen molar-refractivity contribution in [1.82, 2.24) is 20.0 Å². The van der Waals surface area contributed by atoms with Gasteiger partial charge in [0.05, 0.1) is 13.7 Å². The van der Waals surface area contributed by atoms with Gasteiger partial charge in [0.2, 0.25) is 5.91 Å². The molecule has 1 aromatic heterocycles. The number of rotatable bonds is 5. The standard InChI is InChI=1S/C17H26N4O2S/c1-23-16-19-18-14(24-16)11-20-8-6-17(7-9-20)5-4-15(22)21(12-17)10-13-2-3-13/h13H,2-12H2,1H3. The van der Waals surface area contributed by atoms with Gasteiger partial charge in [-0.05, 0) is 56.5 Å². The number of nitrogens with zero attached hydrogens (tertiary/aromatic N) is 4. The van der Waals surface area contributed by atoms with Gasteiger partial charge in [0.25, 0.3) is 5.19 Å². The van der Waals surface area contributed by atoms with Crippen LogP contribution in [0.25, 0.3) is 0 Å². The van der Waals surface area contributed by atoms with Crippen molar-refractivity contribution in [3.63, 3.8) is 0 Å². The Morgan fingerprint density at radius 2 is 2.04 bits per heavy atom. The number of amides is 1. The van der Waals surface area contributed by atoms with Crippen LogP contribution >= 0.6 is 11.3 Å². The maximum Gasteiger partial charge on any atom is 0.293 e. The fourth-order valence-electron chi connectivity index (χ4n) is 4.05. The van der Waals surface area contributed by atoms with Crippen molar-refractivity contribution in [1.29, 1.82) is 0 Å². The van der Waals surface area contributed by atoms with Gasteiger partial charge >= 0.3 is 0 Å². The minimum absolute atomic E-state index is 0.359. The number of hydrogen-bond donors (Lipinski definition) is 0. The summed E-state index contributed by atoms with van der Waals surface area (Å²) >= 11 is 1.53. The Kier molecular flexibility index (Phi) is 4.47.